The number of carbonyl (C=O) groups is 1. The van der Waals surface area contributed by atoms with Crippen LogP contribution in [-0.2, 0) is 0 Å². The minimum absolute atomic E-state index is 0.202. The monoisotopic (exact) mass is 195 g/mol. The van der Waals surface area contributed by atoms with E-state index in [0.717, 1.165) is 18.1 Å². The van der Waals surface area contributed by atoms with Gasteiger partial charge in [0, 0.05) is 11.1 Å². The van der Waals surface area contributed by atoms with Crippen molar-refractivity contribution in [1.82, 2.24) is 5.43 Å². The fourth-order valence-electron chi connectivity index (χ4n) is 2.95. The van der Waals surface area contributed by atoms with Crippen LogP contribution in [0.1, 0.15) is 33.1 Å². The Kier molecular flexibility index (Phi) is 2.01. The van der Waals surface area contributed by atoms with Gasteiger partial charge in [0.05, 0.1) is 0 Å². The number of hydrogen-bond donors (Lipinski definition) is 2. The summed E-state index contributed by atoms with van der Waals surface area (Å²) in [7, 11) is 0. The van der Waals surface area contributed by atoms with Crippen LogP contribution in [-0.4, -0.2) is 11.7 Å². The molecule has 2 aliphatic carbocycles. The molecule has 2 aliphatic rings. The summed E-state index contributed by atoms with van der Waals surface area (Å²) in [6.07, 6.45) is 3.52. The van der Waals surface area contributed by atoms with Crippen molar-refractivity contribution >= 4 is 11.7 Å². The van der Waals surface area contributed by atoms with Crippen LogP contribution in [0.15, 0.2) is 5.10 Å². The smallest absolute Gasteiger partial charge is 0.332 e. The highest BCUT2D eigenvalue weighted by molar-refractivity contribution is 5.94. The molecular formula is C10H17N3O. The number of amides is 2. The molecule has 3 N–H and O–H groups in total. The summed E-state index contributed by atoms with van der Waals surface area (Å²) in [5.41, 5.74) is 8.66. The van der Waals surface area contributed by atoms with Crippen molar-refractivity contribution in [2.75, 3.05) is 0 Å². The summed E-state index contributed by atoms with van der Waals surface area (Å²) in [6, 6.07) is -0.573. The van der Waals surface area contributed by atoms with Crippen LogP contribution in [0.4, 0.5) is 4.79 Å². The van der Waals surface area contributed by atoms with Crippen LogP contribution < -0.4 is 11.2 Å². The zero-order chi connectivity index (χ0) is 10.3. The molecule has 0 radical (unpaired) electrons. The highest BCUT2D eigenvalue weighted by Crippen LogP contribution is 2.55. The second-order valence-corrected chi connectivity index (χ2v) is 4.74. The van der Waals surface area contributed by atoms with Gasteiger partial charge in [-0.3, -0.25) is 0 Å². The average Bonchev–Trinajstić information content (AvgIpc) is 2.52. The lowest BCUT2D eigenvalue weighted by Crippen LogP contribution is -2.31. The predicted molar refractivity (Wildman–Crippen MR) is 54.8 cm³/mol. The van der Waals surface area contributed by atoms with E-state index in [9.17, 15) is 4.79 Å². The van der Waals surface area contributed by atoms with Gasteiger partial charge < -0.3 is 5.73 Å². The minimum Gasteiger partial charge on any atom is -0.350 e. The van der Waals surface area contributed by atoms with Crippen molar-refractivity contribution in [2.45, 2.75) is 33.1 Å². The van der Waals surface area contributed by atoms with Crippen LogP contribution in [0, 0.1) is 17.3 Å². The number of rotatable bonds is 1. The van der Waals surface area contributed by atoms with Crippen molar-refractivity contribution in [3.8, 4) is 0 Å². The summed E-state index contributed by atoms with van der Waals surface area (Å²) in [5.74, 6) is 1.45. The number of nitrogens with two attached hydrogens (primary N) is 1. The Balaban J connectivity index is 2.17. The Morgan fingerprint density at radius 1 is 1.71 bits per heavy atom. The maximum absolute atomic E-state index is 10.6. The van der Waals surface area contributed by atoms with Crippen molar-refractivity contribution in [2.24, 2.45) is 28.1 Å². The van der Waals surface area contributed by atoms with E-state index in [2.05, 4.69) is 24.4 Å². The predicted octanol–water partition coefficient (Wildman–Crippen LogP) is 1.47. The lowest BCUT2D eigenvalue weighted by molar-refractivity contribution is 0.249. The first-order valence-corrected chi connectivity index (χ1v) is 5.16. The first kappa shape index (κ1) is 9.49. The molecule has 2 bridgehead atoms. The van der Waals surface area contributed by atoms with Gasteiger partial charge in [-0.05, 0) is 31.1 Å². The molecule has 3 atom stereocenters. The Hall–Kier alpha value is -1.06. The summed E-state index contributed by atoms with van der Waals surface area (Å²) in [4.78, 5) is 10.6. The molecule has 2 rings (SSSR count). The second-order valence-electron chi connectivity index (χ2n) is 4.74. The molecule has 4 nitrogen and oxygen atoms in total. The minimum atomic E-state index is -0.573. The third kappa shape index (κ3) is 1.21. The van der Waals surface area contributed by atoms with Crippen molar-refractivity contribution in [1.29, 1.82) is 0 Å². The number of hydrazone groups is 1. The van der Waals surface area contributed by atoms with Gasteiger partial charge >= 0.3 is 6.03 Å². The normalized spacial score (nSPS) is 43.1. The summed E-state index contributed by atoms with van der Waals surface area (Å²) in [6.45, 7) is 4.52. The fraction of sp³-hybridized carbons (Fsp3) is 0.800. The SMILES string of the molecule is C[C@H]1[C@@H]2CC[C@@]1(C)/C(=N\NC(N)=O)C2. The molecule has 4 heteroatoms. The lowest BCUT2D eigenvalue weighted by atomic mass is 9.80. The maximum atomic E-state index is 10.6. The Bertz CT molecular complexity index is 300. The van der Waals surface area contributed by atoms with Crippen molar-refractivity contribution < 1.29 is 4.79 Å². The molecule has 2 fully saturated rings. The first-order valence-electron chi connectivity index (χ1n) is 5.16. The number of urea groups is 1. The van der Waals surface area contributed by atoms with E-state index in [-0.39, 0.29) is 5.41 Å². The van der Waals surface area contributed by atoms with Crippen LogP contribution in [0.5, 0.6) is 0 Å². The van der Waals surface area contributed by atoms with Gasteiger partial charge in [0.25, 0.3) is 0 Å². The molecule has 0 aliphatic heterocycles. The van der Waals surface area contributed by atoms with E-state index in [4.69, 9.17) is 5.73 Å². The Labute approximate surface area is 83.9 Å². The number of fused-ring (bicyclic) bond motifs is 2. The molecule has 14 heavy (non-hydrogen) atoms. The number of nitrogens with zero attached hydrogens (tertiary/aromatic N) is 1. The third-order valence-corrected chi connectivity index (χ3v) is 4.16. The zero-order valence-electron chi connectivity index (χ0n) is 8.71. The largest absolute Gasteiger partial charge is 0.350 e. The molecule has 78 valence electrons. The number of nitrogens with one attached hydrogen (secondary N) is 1. The molecule has 2 amide bonds. The quantitative estimate of drug-likeness (QED) is 0.611. The van der Waals surface area contributed by atoms with Gasteiger partial charge in [0.15, 0.2) is 0 Å². The second kappa shape index (κ2) is 2.97. The van der Waals surface area contributed by atoms with E-state index < -0.39 is 6.03 Å². The Morgan fingerprint density at radius 3 is 2.86 bits per heavy atom. The van der Waals surface area contributed by atoms with Crippen molar-refractivity contribution in [3.63, 3.8) is 0 Å². The average molecular weight is 195 g/mol. The van der Waals surface area contributed by atoms with Crippen LogP contribution in [0.25, 0.3) is 0 Å². The molecule has 2 saturated carbocycles. The highest BCUT2D eigenvalue weighted by Gasteiger charge is 2.52. The molecule has 0 aromatic rings. The lowest BCUT2D eigenvalue weighted by Gasteiger charge is -2.25. The first-order chi connectivity index (χ1) is 6.54. The third-order valence-electron chi connectivity index (χ3n) is 4.16. The standard InChI is InChI=1S/C10H17N3O/c1-6-7-3-4-10(6,2)8(5-7)12-13-9(11)14/h6-7H,3-5H2,1-2H3,(H3,11,13,14)/b12-8-/t6-,7+,10+/m0/s1. The molecule has 0 unspecified atom stereocenters. The summed E-state index contributed by atoms with van der Waals surface area (Å²) >= 11 is 0. The van der Waals surface area contributed by atoms with E-state index in [1.54, 1.807) is 0 Å². The molecule has 0 aromatic heterocycles. The summed E-state index contributed by atoms with van der Waals surface area (Å²) in [5, 5.41) is 4.12. The zero-order valence-corrected chi connectivity index (χ0v) is 8.71. The van der Waals surface area contributed by atoms with Crippen LogP contribution in [0.3, 0.4) is 0 Å². The Morgan fingerprint density at radius 2 is 2.43 bits per heavy atom. The van der Waals surface area contributed by atoms with E-state index in [1.807, 2.05) is 0 Å². The van der Waals surface area contributed by atoms with E-state index >= 15 is 0 Å². The van der Waals surface area contributed by atoms with Crippen molar-refractivity contribution in [3.05, 3.63) is 0 Å². The number of carbonyl (C=O) groups excluding carboxylic acids is 1. The molecular weight excluding hydrogens is 178 g/mol. The molecule has 0 spiro atoms. The fourth-order valence-corrected chi connectivity index (χ4v) is 2.95. The van der Waals surface area contributed by atoms with Gasteiger partial charge in [-0.2, -0.15) is 5.10 Å². The van der Waals surface area contributed by atoms with Gasteiger partial charge in [0.2, 0.25) is 0 Å². The van der Waals surface area contributed by atoms with E-state index in [1.165, 1.54) is 12.8 Å². The number of primary amides is 1. The number of hydrogen-bond acceptors (Lipinski definition) is 2. The van der Waals surface area contributed by atoms with Crippen LogP contribution >= 0.6 is 0 Å². The van der Waals surface area contributed by atoms with E-state index in [0.29, 0.717) is 5.92 Å². The van der Waals surface area contributed by atoms with Gasteiger partial charge in [-0.1, -0.05) is 13.8 Å². The van der Waals surface area contributed by atoms with Gasteiger partial charge in [-0.15, -0.1) is 0 Å². The van der Waals surface area contributed by atoms with Crippen LogP contribution in [0.2, 0.25) is 0 Å². The van der Waals surface area contributed by atoms with Gasteiger partial charge in [-0.25, -0.2) is 10.2 Å². The topological polar surface area (TPSA) is 67.5 Å². The highest BCUT2D eigenvalue weighted by atomic mass is 16.2. The maximum Gasteiger partial charge on any atom is 0.332 e. The molecule has 0 aromatic carbocycles. The van der Waals surface area contributed by atoms with Gasteiger partial charge in [0.1, 0.15) is 0 Å². The molecule has 0 saturated heterocycles. The molecule has 0 heterocycles. The summed E-state index contributed by atoms with van der Waals surface area (Å²) < 4.78 is 0.